The Morgan fingerprint density at radius 1 is 1.40 bits per heavy atom. The molecule has 0 aliphatic heterocycles. The summed E-state index contributed by atoms with van der Waals surface area (Å²) in [7, 11) is 1.63. The monoisotopic (exact) mass is 204 g/mol. The average Bonchev–Trinajstić information content (AvgIpc) is 2.60. The highest BCUT2D eigenvalue weighted by atomic mass is 16.5. The Bertz CT molecular complexity index is 477. The van der Waals surface area contributed by atoms with Gasteiger partial charge in [-0.1, -0.05) is 17.3 Å². The number of hydrogen-bond acceptors (Lipinski definition) is 4. The van der Waals surface area contributed by atoms with E-state index >= 15 is 0 Å². The van der Waals surface area contributed by atoms with Crippen molar-refractivity contribution in [2.45, 2.75) is 6.92 Å². The lowest BCUT2D eigenvalue weighted by Gasteiger charge is -2.01. The Morgan fingerprint density at radius 3 is 2.80 bits per heavy atom. The van der Waals surface area contributed by atoms with Crippen LogP contribution in [0.4, 0.5) is 5.82 Å². The van der Waals surface area contributed by atoms with Crippen molar-refractivity contribution in [3.8, 4) is 17.1 Å². The van der Waals surface area contributed by atoms with Gasteiger partial charge >= 0.3 is 0 Å². The van der Waals surface area contributed by atoms with Crippen molar-refractivity contribution in [3.05, 3.63) is 29.8 Å². The lowest BCUT2D eigenvalue weighted by Crippen LogP contribution is -1.87. The van der Waals surface area contributed by atoms with Gasteiger partial charge in [-0.05, 0) is 19.1 Å². The highest BCUT2D eigenvalue weighted by molar-refractivity contribution is 5.66. The van der Waals surface area contributed by atoms with Crippen LogP contribution in [0.3, 0.4) is 0 Å². The second-order valence-corrected chi connectivity index (χ2v) is 3.25. The van der Waals surface area contributed by atoms with E-state index in [0.717, 1.165) is 16.9 Å². The number of hydrogen-bond donors (Lipinski definition) is 1. The second kappa shape index (κ2) is 3.65. The van der Waals surface area contributed by atoms with E-state index in [-0.39, 0.29) is 0 Å². The molecule has 1 aromatic heterocycles. The van der Waals surface area contributed by atoms with Gasteiger partial charge in [0.1, 0.15) is 5.75 Å². The maximum atomic E-state index is 5.61. The Balaban J connectivity index is 2.49. The van der Waals surface area contributed by atoms with Crippen LogP contribution < -0.4 is 10.5 Å². The van der Waals surface area contributed by atoms with Crippen LogP contribution in [0.5, 0.6) is 5.75 Å². The third-order valence-electron chi connectivity index (χ3n) is 2.29. The van der Waals surface area contributed by atoms with Gasteiger partial charge in [0.25, 0.3) is 0 Å². The van der Waals surface area contributed by atoms with Crippen LogP contribution in [0, 0.1) is 6.92 Å². The van der Waals surface area contributed by atoms with Crippen LogP contribution in [0.2, 0.25) is 0 Å². The Hall–Kier alpha value is -1.97. The molecule has 78 valence electrons. The molecule has 2 N–H and O–H groups in total. The molecule has 0 atom stereocenters. The predicted octanol–water partition coefficient (Wildman–Crippen LogP) is 2.24. The standard InChI is InChI=1S/C11H12N2O2/c1-7-10(15-13-11(7)12)8-4-3-5-9(6-8)14-2/h3-6H,1-2H3,(H2,12,13). The Morgan fingerprint density at radius 2 is 2.20 bits per heavy atom. The predicted molar refractivity (Wildman–Crippen MR) is 57.6 cm³/mol. The molecular formula is C11H12N2O2. The minimum absolute atomic E-state index is 0.424. The first-order chi connectivity index (χ1) is 7.22. The highest BCUT2D eigenvalue weighted by Crippen LogP contribution is 2.28. The van der Waals surface area contributed by atoms with Crippen molar-refractivity contribution in [1.29, 1.82) is 0 Å². The summed E-state index contributed by atoms with van der Waals surface area (Å²) in [6.07, 6.45) is 0. The highest BCUT2D eigenvalue weighted by Gasteiger charge is 2.11. The van der Waals surface area contributed by atoms with Gasteiger partial charge in [-0.15, -0.1) is 0 Å². The molecule has 0 amide bonds. The molecule has 0 saturated carbocycles. The Labute approximate surface area is 87.6 Å². The number of benzene rings is 1. The number of nitrogens with two attached hydrogens (primary N) is 1. The van der Waals surface area contributed by atoms with Crippen molar-refractivity contribution in [2.24, 2.45) is 0 Å². The SMILES string of the molecule is COc1cccc(-c2onc(N)c2C)c1. The molecule has 0 radical (unpaired) electrons. The summed E-state index contributed by atoms with van der Waals surface area (Å²) < 4.78 is 10.3. The van der Waals surface area contributed by atoms with Crippen LogP contribution in [0.15, 0.2) is 28.8 Å². The van der Waals surface area contributed by atoms with E-state index in [1.807, 2.05) is 31.2 Å². The molecule has 1 aromatic carbocycles. The van der Waals surface area contributed by atoms with E-state index in [4.69, 9.17) is 15.0 Å². The fourth-order valence-electron chi connectivity index (χ4n) is 1.38. The van der Waals surface area contributed by atoms with Crippen LogP contribution >= 0.6 is 0 Å². The summed E-state index contributed by atoms with van der Waals surface area (Å²) in [5.41, 5.74) is 7.38. The van der Waals surface area contributed by atoms with Gasteiger partial charge in [-0.25, -0.2) is 0 Å². The average molecular weight is 204 g/mol. The molecule has 15 heavy (non-hydrogen) atoms. The molecule has 0 aliphatic rings. The summed E-state index contributed by atoms with van der Waals surface area (Å²) in [5, 5.41) is 3.71. The first-order valence-electron chi connectivity index (χ1n) is 4.58. The summed E-state index contributed by atoms with van der Waals surface area (Å²) in [6, 6.07) is 7.58. The van der Waals surface area contributed by atoms with Gasteiger partial charge in [-0.3, -0.25) is 0 Å². The van der Waals surface area contributed by atoms with Crippen LogP contribution in [-0.2, 0) is 0 Å². The summed E-state index contributed by atoms with van der Waals surface area (Å²) >= 11 is 0. The number of aromatic nitrogens is 1. The molecule has 2 aromatic rings. The summed E-state index contributed by atoms with van der Waals surface area (Å²) in [6.45, 7) is 1.88. The van der Waals surface area contributed by atoms with Gasteiger partial charge in [0.2, 0.25) is 0 Å². The van der Waals surface area contributed by atoms with Crippen molar-refractivity contribution >= 4 is 5.82 Å². The molecule has 1 heterocycles. The third kappa shape index (κ3) is 1.66. The van der Waals surface area contributed by atoms with E-state index in [1.54, 1.807) is 7.11 Å². The van der Waals surface area contributed by atoms with E-state index in [1.165, 1.54) is 0 Å². The lowest BCUT2D eigenvalue weighted by atomic mass is 10.1. The minimum atomic E-state index is 0.424. The van der Waals surface area contributed by atoms with Crippen molar-refractivity contribution in [3.63, 3.8) is 0 Å². The first kappa shape index (κ1) is 9.58. The van der Waals surface area contributed by atoms with E-state index in [9.17, 15) is 0 Å². The first-order valence-corrected chi connectivity index (χ1v) is 4.58. The molecule has 4 nitrogen and oxygen atoms in total. The maximum absolute atomic E-state index is 5.61. The van der Waals surface area contributed by atoms with Crippen LogP contribution in [0.1, 0.15) is 5.56 Å². The van der Waals surface area contributed by atoms with Gasteiger partial charge in [0, 0.05) is 11.1 Å². The number of ether oxygens (including phenoxy) is 1. The Kier molecular flexibility index (Phi) is 2.33. The molecule has 0 bridgehead atoms. The molecule has 2 rings (SSSR count). The number of nitrogen functional groups attached to an aromatic ring is 1. The van der Waals surface area contributed by atoms with E-state index in [0.29, 0.717) is 11.6 Å². The van der Waals surface area contributed by atoms with Gasteiger partial charge < -0.3 is 15.0 Å². The van der Waals surface area contributed by atoms with E-state index < -0.39 is 0 Å². The molecule has 0 aliphatic carbocycles. The van der Waals surface area contributed by atoms with Crippen LogP contribution in [0.25, 0.3) is 11.3 Å². The topological polar surface area (TPSA) is 61.3 Å². The number of anilines is 1. The second-order valence-electron chi connectivity index (χ2n) is 3.25. The molecule has 4 heteroatoms. The molecular weight excluding hydrogens is 192 g/mol. The number of nitrogens with zero attached hydrogens (tertiary/aromatic N) is 1. The normalized spacial score (nSPS) is 10.3. The van der Waals surface area contributed by atoms with Crippen molar-refractivity contribution < 1.29 is 9.26 Å². The fourth-order valence-corrected chi connectivity index (χ4v) is 1.38. The smallest absolute Gasteiger partial charge is 0.172 e. The van der Waals surface area contributed by atoms with Crippen molar-refractivity contribution in [1.82, 2.24) is 5.16 Å². The lowest BCUT2D eigenvalue weighted by molar-refractivity contribution is 0.413. The minimum Gasteiger partial charge on any atom is -0.497 e. The van der Waals surface area contributed by atoms with Gasteiger partial charge in [0.05, 0.1) is 7.11 Å². The maximum Gasteiger partial charge on any atom is 0.172 e. The summed E-state index contributed by atoms with van der Waals surface area (Å²) in [5.74, 6) is 1.89. The molecule has 0 unspecified atom stereocenters. The number of rotatable bonds is 2. The molecule has 0 fully saturated rings. The van der Waals surface area contributed by atoms with Crippen LogP contribution in [-0.4, -0.2) is 12.3 Å². The molecule has 0 spiro atoms. The summed E-state index contributed by atoms with van der Waals surface area (Å²) in [4.78, 5) is 0. The van der Waals surface area contributed by atoms with Gasteiger partial charge in [-0.2, -0.15) is 0 Å². The zero-order valence-corrected chi connectivity index (χ0v) is 8.65. The van der Waals surface area contributed by atoms with Crippen molar-refractivity contribution in [2.75, 3.05) is 12.8 Å². The van der Waals surface area contributed by atoms with Gasteiger partial charge in [0.15, 0.2) is 11.6 Å². The largest absolute Gasteiger partial charge is 0.497 e. The number of methoxy groups -OCH3 is 1. The third-order valence-corrected chi connectivity index (χ3v) is 2.29. The quantitative estimate of drug-likeness (QED) is 0.814. The zero-order chi connectivity index (χ0) is 10.8. The zero-order valence-electron chi connectivity index (χ0n) is 8.65. The van der Waals surface area contributed by atoms with E-state index in [2.05, 4.69) is 5.16 Å². The fraction of sp³-hybridized carbons (Fsp3) is 0.182. The molecule has 0 saturated heterocycles.